The third-order valence-corrected chi connectivity index (χ3v) is 3.33. The molecule has 0 unspecified atom stereocenters. The summed E-state index contributed by atoms with van der Waals surface area (Å²) in [6, 6.07) is 5.73. The second-order valence-corrected chi connectivity index (χ2v) is 7.05. The number of hydrogen-bond donors (Lipinski definition) is 0. The number of hydrogen-bond acceptors (Lipinski definition) is 5. The number of para-hydroxylation sites is 1. The Morgan fingerprint density at radius 2 is 1.84 bits per heavy atom. The third-order valence-electron chi connectivity index (χ3n) is 2.19. The van der Waals surface area contributed by atoms with Crippen LogP contribution in [0, 0.1) is 15.5 Å². The molecule has 7 heteroatoms. The molecule has 1 aromatic rings. The van der Waals surface area contributed by atoms with Gasteiger partial charge in [0.25, 0.3) is 15.8 Å². The van der Waals surface area contributed by atoms with Crippen molar-refractivity contribution >= 4 is 15.8 Å². The van der Waals surface area contributed by atoms with Crippen LogP contribution in [0.2, 0.25) is 0 Å². The van der Waals surface area contributed by atoms with Crippen molar-refractivity contribution < 1.29 is 17.5 Å². The normalized spacial score (nSPS) is 12.4. The van der Waals surface area contributed by atoms with Crippen LogP contribution < -0.4 is 0 Å². The van der Waals surface area contributed by atoms with Gasteiger partial charge in [-0.05, 0) is 5.41 Å². The van der Waals surface area contributed by atoms with Crippen molar-refractivity contribution in [1.82, 2.24) is 0 Å². The van der Waals surface area contributed by atoms with E-state index in [1.807, 2.05) is 20.8 Å². The van der Waals surface area contributed by atoms with E-state index in [-0.39, 0.29) is 23.3 Å². The summed E-state index contributed by atoms with van der Waals surface area (Å²) in [5, 5.41) is 10.8. The number of nitro groups is 1. The highest BCUT2D eigenvalue weighted by Crippen LogP contribution is 2.22. The minimum absolute atomic E-state index is 0.0377. The van der Waals surface area contributed by atoms with Crippen LogP contribution in [0.25, 0.3) is 0 Å². The third kappa shape index (κ3) is 5.35. The number of nitro benzene ring substituents is 1. The Labute approximate surface area is 112 Å². The van der Waals surface area contributed by atoms with E-state index >= 15 is 0 Å². The van der Waals surface area contributed by atoms with Gasteiger partial charge in [0.2, 0.25) is 0 Å². The molecule has 0 radical (unpaired) electrons. The maximum Gasteiger partial charge on any atom is 0.273 e. The Morgan fingerprint density at radius 3 is 2.37 bits per heavy atom. The Hall–Kier alpha value is -1.47. The van der Waals surface area contributed by atoms with Gasteiger partial charge >= 0.3 is 0 Å². The monoisotopic (exact) mass is 287 g/mol. The molecule has 0 aliphatic rings. The van der Waals surface area contributed by atoms with E-state index < -0.39 is 20.8 Å². The van der Waals surface area contributed by atoms with Crippen molar-refractivity contribution in [1.29, 1.82) is 0 Å². The van der Waals surface area contributed by atoms with E-state index in [1.54, 1.807) is 6.07 Å². The first-order chi connectivity index (χ1) is 8.61. The van der Waals surface area contributed by atoms with E-state index in [1.165, 1.54) is 18.2 Å². The summed E-state index contributed by atoms with van der Waals surface area (Å²) in [5.41, 5.74) is -0.387. The highest BCUT2D eigenvalue weighted by atomic mass is 32.2. The molecule has 0 atom stereocenters. The van der Waals surface area contributed by atoms with Crippen molar-refractivity contribution in [2.24, 2.45) is 5.41 Å². The molecule has 0 aliphatic carbocycles. The fourth-order valence-electron chi connectivity index (χ4n) is 1.31. The molecule has 0 aromatic heterocycles. The van der Waals surface area contributed by atoms with Crippen molar-refractivity contribution in [2.45, 2.75) is 26.5 Å². The van der Waals surface area contributed by atoms with Gasteiger partial charge in [-0.2, -0.15) is 8.42 Å². The van der Waals surface area contributed by atoms with Gasteiger partial charge in [0.15, 0.2) is 0 Å². The first-order valence-corrected chi connectivity index (χ1v) is 7.28. The largest absolute Gasteiger partial charge is 0.273 e. The molecule has 0 amide bonds. The molecule has 0 saturated carbocycles. The predicted molar refractivity (Wildman–Crippen MR) is 71.1 cm³/mol. The summed E-state index contributed by atoms with van der Waals surface area (Å²) < 4.78 is 28.4. The van der Waals surface area contributed by atoms with Crippen LogP contribution in [0.1, 0.15) is 26.3 Å². The maximum absolute atomic E-state index is 11.8. The van der Waals surface area contributed by atoms with Crippen LogP contribution in [-0.2, 0) is 20.1 Å². The quantitative estimate of drug-likeness (QED) is 0.471. The van der Waals surface area contributed by atoms with Gasteiger partial charge < -0.3 is 0 Å². The first kappa shape index (κ1) is 15.6. The second-order valence-electron chi connectivity index (χ2n) is 5.41. The predicted octanol–water partition coefficient (Wildman–Crippen LogP) is 2.49. The van der Waals surface area contributed by atoms with E-state index in [0.29, 0.717) is 0 Å². The zero-order chi connectivity index (χ0) is 14.7. The van der Waals surface area contributed by atoms with Gasteiger partial charge in [-0.1, -0.05) is 39.0 Å². The number of rotatable bonds is 5. The number of nitrogens with zero attached hydrogens (tertiary/aromatic N) is 1. The smallest absolute Gasteiger partial charge is 0.269 e. The van der Waals surface area contributed by atoms with Crippen LogP contribution in [0.15, 0.2) is 24.3 Å². The molecular weight excluding hydrogens is 270 g/mol. The molecule has 106 valence electrons. The molecule has 0 aliphatic heterocycles. The molecule has 0 spiro atoms. The van der Waals surface area contributed by atoms with Crippen molar-refractivity contribution in [3.05, 3.63) is 39.9 Å². The maximum atomic E-state index is 11.8. The minimum Gasteiger partial charge on any atom is -0.269 e. The lowest BCUT2D eigenvalue weighted by Gasteiger charge is -2.17. The number of benzene rings is 1. The van der Waals surface area contributed by atoms with Gasteiger partial charge in [0, 0.05) is 11.6 Å². The van der Waals surface area contributed by atoms with Crippen LogP contribution >= 0.6 is 0 Å². The summed E-state index contributed by atoms with van der Waals surface area (Å²) in [6.45, 7) is 5.56. The molecule has 0 saturated heterocycles. The van der Waals surface area contributed by atoms with Gasteiger partial charge in [0.1, 0.15) is 5.75 Å². The molecule has 0 N–H and O–H groups in total. The van der Waals surface area contributed by atoms with E-state index in [2.05, 4.69) is 0 Å². The average molecular weight is 287 g/mol. The van der Waals surface area contributed by atoms with Gasteiger partial charge in [-0.3, -0.25) is 14.3 Å². The summed E-state index contributed by atoms with van der Waals surface area (Å²) in [5.74, 6) is -0.500. The highest BCUT2D eigenvalue weighted by molar-refractivity contribution is 7.85. The van der Waals surface area contributed by atoms with E-state index in [0.717, 1.165) is 0 Å². The Bertz CT molecular complexity index is 560. The lowest BCUT2D eigenvalue weighted by atomic mass is 9.99. The SMILES string of the molecule is CC(C)(C)COS(=O)(=O)Cc1ccccc1[N+](=O)[O-]. The van der Waals surface area contributed by atoms with Gasteiger partial charge in [-0.25, -0.2) is 0 Å². The zero-order valence-corrected chi connectivity index (χ0v) is 11.9. The topological polar surface area (TPSA) is 86.5 Å². The summed E-state index contributed by atoms with van der Waals surface area (Å²) in [4.78, 5) is 10.2. The summed E-state index contributed by atoms with van der Waals surface area (Å²) in [6.07, 6.45) is 0. The van der Waals surface area contributed by atoms with E-state index in [4.69, 9.17) is 4.18 Å². The van der Waals surface area contributed by atoms with Crippen LogP contribution in [-0.4, -0.2) is 19.9 Å². The fraction of sp³-hybridized carbons (Fsp3) is 0.500. The molecule has 19 heavy (non-hydrogen) atoms. The average Bonchev–Trinajstić information content (AvgIpc) is 2.26. The van der Waals surface area contributed by atoms with Crippen LogP contribution in [0.5, 0.6) is 0 Å². The highest BCUT2D eigenvalue weighted by Gasteiger charge is 2.22. The molecule has 0 heterocycles. The van der Waals surface area contributed by atoms with Gasteiger partial charge in [0.05, 0.1) is 11.5 Å². The zero-order valence-electron chi connectivity index (χ0n) is 11.1. The summed E-state index contributed by atoms with van der Waals surface area (Å²) in [7, 11) is -3.83. The lowest BCUT2D eigenvalue weighted by Crippen LogP contribution is -2.19. The second kappa shape index (κ2) is 5.66. The lowest BCUT2D eigenvalue weighted by molar-refractivity contribution is -0.385. The van der Waals surface area contributed by atoms with Gasteiger partial charge in [-0.15, -0.1) is 0 Å². The molecule has 0 bridgehead atoms. The molecule has 6 nitrogen and oxygen atoms in total. The fourth-order valence-corrected chi connectivity index (χ4v) is 2.55. The van der Waals surface area contributed by atoms with Crippen LogP contribution in [0.4, 0.5) is 5.69 Å². The molecule has 0 fully saturated rings. The first-order valence-electron chi connectivity index (χ1n) is 5.70. The van der Waals surface area contributed by atoms with Crippen LogP contribution in [0.3, 0.4) is 0 Å². The molecule has 1 aromatic carbocycles. The van der Waals surface area contributed by atoms with Crippen molar-refractivity contribution in [3.63, 3.8) is 0 Å². The Balaban J connectivity index is 2.87. The van der Waals surface area contributed by atoms with Crippen molar-refractivity contribution in [2.75, 3.05) is 6.61 Å². The summed E-state index contributed by atoms with van der Waals surface area (Å²) >= 11 is 0. The Kier molecular flexibility index (Phi) is 4.65. The minimum atomic E-state index is -3.83. The standard InChI is InChI=1S/C12H17NO5S/c1-12(2,3)9-18-19(16,17)8-10-6-4-5-7-11(10)13(14)15/h4-7H,8-9H2,1-3H3. The molecule has 1 rings (SSSR count). The molecular formula is C12H17NO5S. The Morgan fingerprint density at radius 1 is 1.26 bits per heavy atom. The van der Waals surface area contributed by atoms with Crippen molar-refractivity contribution in [3.8, 4) is 0 Å². The van der Waals surface area contributed by atoms with E-state index in [9.17, 15) is 18.5 Å².